The molecule has 3 unspecified atom stereocenters. The van der Waals surface area contributed by atoms with E-state index < -0.39 is 16.1 Å². The molecule has 258 valence electrons. The number of benzene rings is 2. The molecule has 1 N–H and O–H groups in total. The molecule has 8 rings (SSSR count). The van der Waals surface area contributed by atoms with Gasteiger partial charge < -0.3 is 14.2 Å². The number of nitrogens with zero attached hydrogens (tertiary/aromatic N) is 4. The fourth-order valence-electron chi connectivity index (χ4n) is 10.2. The third-order valence-electron chi connectivity index (χ3n) is 13.1. The van der Waals surface area contributed by atoms with Crippen molar-refractivity contribution in [3.8, 4) is 17.0 Å². The van der Waals surface area contributed by atoms with Gasteiger partial charge in [0.05, 0.1) is 12.8 Å². The molecule has 2 aliphatic carbocycles. The number of hydrogen-bond donors (Lipinski definition) is 1. The summed E-state index contributed by atoms with van der Waals surface area (Å²) in [4.78, 5) is 18.8. The number of fused-ring (bicyclic) bond motifs is 9. The van der Waals surface area contributed by atoms with Gasteiger partial charge in [0, 0.05) is 73.3 Å². The third kappa shape index (κ3) is 5.12. The maximum absolute atomic E-state index is 13.4. The van der Waals surface area contributed by atoms with Gasteiger partial charge in [0.15, 0.2) is 0 Å². The summed E-state index contributed by atoms with van der Waals surface area (Å²) in [6.45, 7) is 6.61. The number of hydrogen-bond acceptors (Lipinski definition) is 6. The van der Waals surface area contributed by atoms with Crippen molar-refractivity contribution in [3.05, 3.63) is 53.1 Å². The van der Waals surface area contributed by atoms with E-state index in [9.17, 15) is 13.2 Å². The van der Waals surface area contributed by atoms with Gasteiger partial charge in [-0.15, -0.1) is 0 Å². The molecule has 5 aliphatic rings. The molecule has 3 aromatic rings. The van der Waals surface area contributed by atoms with E-state index >= 15 is 0 Å². The van der Waals surface area contributed by atoms with Crippen LogP contribution in [0.3, 0.4) is 0 Å². The number of aromatic nitrogens is 1. The van der Waals surface area contributed by atoms with Crippen LogP contribution in [0, 0.1) is 11.3 Å². The average molecular weight is 674 g/mol. The van der Waals surface area contributed by atoms with Gasteiger partial charge in [-0.25, -0.2) is 4.72 Å². The lowest BCUT2D eigenvalue weighted by molar-refractivity contribution is 0.0979. The first-order valence-electron chi connectivity index (χ1n) is 18.1. The van der Waals surface area contributed by atoms with E-state index in [-0.39, 0.29) is 5.41 Å². The number of likely N-dealkylation sites (N-methyl/N-ethyl adjacent to an activating group) is 1. The maximum Gasteiger partial charge on any atom is 0.303 e. The Labute approximate surface area is 285 Å². The zero-order chi connectivity index (χ0) is 33.5. The number of rotatable bonds is 7. The molecular formula is C38H51N5O4S. The molecule has 2 saturated heterocycles. The van der Waals surface area contributed by atoms with Gasteiger partial charge in [-0.1, -0.05) is 32.3 Å². The summed E-state index contributed by atoms with van der Waals surface area (Å²) in [6, 6.07) is 13.9. The van der Waals surface area contributed by atoms with Gasteiger partial charge in [-0.3, -0.25) is 9.69 Å². The van der Waals surface area contributed by atoms with E-state index in [0.717, 1.165) is 54.6 Å². The van der Waals surface area contributed by atoms with Crippen molar-refractivity contribution in [3.63, 3.8) is 0 Å². The number of nitrogens with one attached hydrogen (secondary N) is 1. The van der Waals surface area contributed by atoms with E-state index in [1.54, 1.807) is 7.11 Å². The number of methoxy groups -OCH3 is 1. The predicted molar refractivity (Wildman–Crippen MR) is 190 cm³/mol. The third-order valence-corrected chi connectivity index (χ3v) is 14.5. The summed E-state index contributed by atoms with van der Waals surface area (Å²) in [5, 5.41) is 1.20. The SMILES string of the molecule is COc1ccc2c(c1)[C@@H]1C(C)[C@]1(CN1CCC3CCC(C1)N3C)Cn1c-2c(C2CCCCC2)c2ccc(C(=O)NS(=O)(=O)N(C)C)cc21. The van der Waals surface area contributed by atoms with Crippen LogP contribution in [-0.4, -0.2) is 93.0 Å². The fourth-order valence-corrected chi connectivity index (χ4v) is 10.8. The summed E-state index contributed by atoms with van der Waals surface area (Å²) in [5.41, 5.74) is 6.82. The van der Waals surface area contributed by atoms with E-state index in [1.807, 2.05) is 12.1 Å². The number of likely N-dealkylation sites (tertiary alicyclic amines) is 1. The zero-order valence-electron chi connectivity index (χ0n) is 29.2. The molecule has 5 atom stereocenters. The van der Waals surface area contributed by atoms with Gasteiger partial charge >= 0.3 is 10.2 Å². The summed E-state index contributed by atoms with van der Waals surface area (Å²) in [5.74, 6) is 1.64. The van der Waals surface area contributed by atoms with Gasteiger partial charge in [-0.2, -0.15) is 12.7 Å². The van der Waals surface area contributed by atoms with Crippen molar-refractivity contribution < 1.29 is 17.9 Å². The van der Waals surface area contributed by atoms with E-state index in [2.05, 4.69) is 57.3 Å². The molecule has 2 aromatic carbocycles. The van der Waals surface area contributed by atoms with E-state index in [0.29, 0.717) is 35.4 Å². The largest absolute Gasteiger partial charge is 0.497 e. The first-order chi connectivity index (χ1) is 23.0. The normalized spacial score (nSPS) is 29.2. The van der Waals surface area contributed by atoms with Crippen LogP contribution in [-0.2, 0) is 16.8 Å². The highest BCUT2D eigenvalue weighted by molar-refractivity contribution is 7.87. The second-order valence-electron chi connectivity index (χ2n) is 15.7. The molecule has 1 aromatic heterocycles. The second kappa shape index (κ2) is 11.9. The Kier molecular flexibility index (Phi) is 7.97. The van der Waals surface area contributed by atoms with Gasteiger partial charge in [0.2, 0.25) is 0 Å². The Morgan fingerprint density at radius 2 is 1.79 bits per heavy atom. The van der Waals surface area contributed by atoms with Crippen LogP contribution in [0.4, 0.5) is 0 Å². The van der Waals surface area contributed by atoms with Crippen LogP contribution in [0.1, 0.15) is 91.6 Å². The summed E-state index contributed by atoms with van der Waals surface area (Å²) >= 11 is 0. The van der Waals surface area contributed by atoms with Gasteiger partial charge in [-0.05, 0) is 105 Å². The first kappa shape index (κ1) is 32.3. The van der Waals surface area contributed by atoms with E-state index in [4.69, 9.17) is 4.74 Å². The summed E-state index contributed by atoms with van der Waals surface area (Å²) in [7, 11) is 3.02. The van der Waals surface area contributed by atoms with Crippen molar-refractivity contribution in [1.82, 2.24) is 23.4 Å². The Bertz CT molecular complexity index is 1860. The molecule has 3 aliphatic heterocycles. The molecule has 1 amide bonds. The number of ether oxygens (including phenoxy) is 1. The van der Waals surface area contributed by atoms with E-state index in [1.165, 1.54) is 80.4 Å². The average Bonchev–Trinajstić information content (AvgIpc) is 3.38. The summed E-state index contributed by atoms with van der Waals surface area (Å²) in [6.07, 6.45) is 9.89. The summed E-state index contributed by atoms with van der Waals surface area (Å²) < 4.78 is 36.9. The lowest BCUT2D eigenvalue weighted by atomic mass is 9.81. The highest BCUT2D eigenvalue weighted by Gasteiger charge is 2.65. The lowest BCUT2D eigenvalue weighted by Crippen LogP contribution is -2.40. The Morgan fingerprint density at radius 1 is 1.02 bits per heavy atom. The van der Waals surface area contributed by atoms with Crippen LogP contribution in [0.25, 0.3) is 22.2 Å². The number of carbonyl (C=O) groups is 1. The molecule has 0 radical (unpaired) electrons. The maximum atomic E-state index is 13.4. The molecule has 2 bridgehead atoms. The Morgan fingerprint density at radius 3 is 2.54 bits per heavy atom. The Balaban J connectivity index is 1.29. The zero-order valence-corrected chi connectivity index (χ0v) is 30.0. The first-order valence-corrected chi connectivity index (χ1v) is 19.5. The van der Waals surface area contributed by atoms with Crippen LogP contribution in [0.5, 0.6) is 5.75 Å². The van der Waals surface area contributed by atoms with Crippen LogP contribution < -0.4 is 9.46 Å². The van der Waals surface area contributed by atoms with Crippen molar-refractivity contribution >= 4 is 27.0 Å². The van der Waals surface area contributed by atoms with Crippen molar-refractivity contribution in [1.29, 1.82) is 0 Å². The highest BCUT2D eigenvalue weighted by atomic mass is 32.2. The minimum atomic E-state index is -3.92. The van der Waals surface area contributed by atoms with Crippen molar-refractivity contribution in [2.24, 2.45) is 11.3 Å². The molecule has 9 nitrogen and oxygen atoms in total. The molecule has 2 saturated carbocycles. The molecule has 48 heavy (non-hydrogen) atoms. The highest BCUT2D eigenvalue weighted by Crippen LogP contribution is 2.69. The van der Waals surface area contributed by atoms with Crippen LogP contribution in [0.2, 0.25) is 0 Å². The Hall–Kier alpha value is -2.92. The van der Waals surface area contributed by atoms with Gasteiger partial charge in [0.1, 0.15) is 5.75 Å². The second-order valence-corrected chi connectivity index (χ2v) is 17.5. The number of amides is 1. The lowest BCUT2D eigenvalue weighted by Gasteiger charge is -2.31. The molecule has 4 fully saturated rings. The predicted octanol–water partition coefficient (Wildman–Crippen LogP) is 5.80. The standard InChI is InChI=1S/C38H51N5O4S/c1-24-35-32-20-29(47-5)14-16-30(32)36-34(25-9-7-6-8-10-25)31-15-11-26(37(44)39-48(45,46)40(2)3)19-33(31)43(36)23-38(24,35)22-42-18-17-27-12-13-28(21-42)41(27)4/h11,14-16,19-20,24-25,27-28,35H,6-10,12-13,17-18,21-23H2,1-5H3,(H,39,44)/t24?,27?,28?,35-,38-/m0/s1. The molecule has 0 spiro atoms. The minimum absolute atomic E-state index is 0.0385. The quantitative estimate of drug-likeness (QED) is 0.341. The topological polar surface area (TPSA) is 87.1 Å². The number of carbonyl (C=O) groups excluding carboxylic acids is 1. The van der Waals surface area contributed by atoms with Crippen molar-refractivity contribution in [2.75, 3.05) is 47.9 Å². The monoisotopic (exact) mass is 673 g/mol. The minimum Gasteiger partial charge on any atom is -0.497 e. The molecule has 4 heterocycles. The van der Waals surface area contributed by atoms with Gasteiger partial charge in [0.25, 0.3) is 5.91 Å². The molecule has 10 heteroatoms. The smallest absolute Gasteiger partial charge is 0.303 e. The van der Waals surface area contributed by atoms with Crippen molar-refractivity contribution in [2.45, 2.75) is 88.8 Å². The molecular weight excluding hydrogens is 623 g/mol. The van der Waals surface area contributed by atoms with Crippen LogP contribution >= 0.6 is 0 Å². The fraction of sp³-hybridized carbons (Fsp3) is 0.605. The van der Waals surface area contributed by atoms with Crippen LogP contribution in [0.15, 0.2) is 36.4 Å².